The molecule has 0 fully saturated rings. The molecule has 100 valence electrons. The van der Waals surface area contributed by atoms with Gasteiger partial charge in [0.05, 0.1) is 5.69 Å². The number of anilines is 1. The third-order valence-electron chi connectivity index (χ3n) is 2.35. The van der Waals surface area contributed by atoms with Crippen molar-refractivity contribution in [3.8, 4) is 0 Å². The molecule has 0 aliphatic carbocycles. The van der Waals surface area contributed by atoms with Gasteiger partial charge in [0.1, 0.15) is 4.90 Å². The lowest BCUT2D eigenvalue weighted by molar-refractivity contribution is -0.126. The summed E-state index contributed by atoms with van der Waals surface area (Å²) in [5.74, 6) is -0.534. The van der Waals surface area contributed by atoms with Gasteiger partial charge >= 0.3 is 0 Å². The van der Waals surface area contributed by atoms with Gasteiger partial charge in [-0.15, -0.1) is 0 Å². The highest BCUT2D eigenvalue weighted by Gasteiger charge is 2.27. The maximum absolute atomic E-state index is 12.1. The van der Waals surface area contributed by atoms with Crippen LogP contribution in [0.25, 0.3) is 0 Å². The number of rotatable bonds is 3. The van der Waals surface area contributed by atoms with Gasteiger partial charge in [0.25, 0.3) is 10.0 Å². The topological polar surface area (TPSA) is 75.3 Å². The van der Waals surface area contributed by atoms with E-state index in [0.29, 0.717) is 5.69 Å². The van der Waals surface area contributed by atoms with Crippen molar-refractivity contribution in [2.45, 2.75) is 25.7 Å². The number of sulfonamides is 1. The van der Waals surface area contributed by atoms with Crippen LogP contribution in [0.15, 0.2) is 29.2 Å². The van der Waals surface area contributed by atoms with Crippen LogP contribution in [0.4, 0.5) is 5.69 Å². The van der Waals surface area contributed by atoms with Gasteiger partial charge in [0.15, 0.2) is 0 Å². The molecule has 1 amide bonds. The lowest BCUT2D eigenvalue weighted by atomic mass is 9.96. The zero-order valence-electron chi connectivity index (χ0n) is 10.9. The summed E-state index contributed by atoms with van der Waals surface area (Å²) in [5, 5.41) is 2.78. The van der Waals surface area contributed by atoms with E-state index in [4.69, 9.17) is 0 Å². The predicted molar refractivity (Wildman–Crippen MR) is 70.8 cm³/mol. The summed E-state index contributed by atoms with van der Waals surface area (Å²) in [4.78, 5) is 11.8. The zero-order chi connectivity index (χ0) is 14.0. The summed E-state index contributed by atoms with van der Waals surface area (Å²) in [6, 6.07) is 6.41. The second-order valence-electron chi connectivity index (χ2n) is 4.93. The molecular formula is C12H18N2O3S. The minimum absolute atomic E-state index is 0.0603. The number of nitrogens with one attached hydrogen (secondary N) is 2. The van der Waals surface area contributed by atoms with Crippen LogP contribution in [0, 0.1) is 5.41 Å². The van der Waals surface area contributed by atoms with Crippen molar-refractivity contribution >= 4 is 21.6 Å². The van der Waals surface area contributed by atoms with E-state index < -0.39 is 21.3 Å². The minimum Gasteiger partial charge on any atom is -0.387 e. The Kier molecular flexibility index (Phi) is 4.01. The van der Waals surface area contributed by atoms with Gasteiger partial charge in [-0.1, -0.05) is 32.9 Å². The molecule has 18 heavy (non-hydrogen) atoms. The van der Waals surface area contributed by atoms with E-state index in [0.717, 1.165) is 0 Å². The minimum atomic E-state index is -3.85. The molecule has 1 rings (SSSR count). The van der Waals surface area contributed by atoms with Gasteiger partial charge in [-0.05, 0) is 12.1 Å². The molecule has 0 unspecified atom stereocenters. The molecule has 0 atom stereocenters. The van der Waals surface area contributed by atoms with Crippen LogP contribution < -0.4 is 10.0 Å². The van der Waals surface area contributed by atoms with Gasteiger partial charge in [0, 0.05) is 12.5 Å². The fraction of sp³-hybridized carbons (Fsp3) is 0.417. The van der Waals surface area contributed by atoms with E-state index in [1.807, 2.05) is 0 Å². The first kappa shape index (κ1) is 14.5. The van der Waals surface area contributed by atoms with Gasteiger partial charge in [0.2, 0.25) is 5.91 Å². The highest BCUT2D eigenvalue weighted by atomic mass is 32.2. The Labute approximate surface area is 108 Å². The van der Waals surface area contributed by atoms with E-state index in [-0.39, 0.29) is 4.90 Å². The fourth-order valence-electron chi connectivity index (χ4n) is 1.24. The van der Waals surface area contributed by atoms with Gasteiger partial charge in [-0.25, -0.2) is 13.1 Å². The average Bonchev–Trinajstić information content (AvgIpc) is 2.27. The number of carbonyl (C=O) groups is 1. The van der Waals surface area contributed by atoms with E-state index in [9.17, 15) is 13.2 Å². The summed E-state index contributed by atoms with van der Waals surface area (Å²) in [6.45, 7) is 4.96. The summed E-state index contributed by atoms with van der Waals surface area (Å²) < 4.78 is 26.3. The third-order valence-corrected chi connectivity index (χ3v) is 3.74. The number of hydrogen-bond donors (Lipinski definition) is 2. The number of para-hydroxylation sites is 1. The maximum Gasteiger partial charge on any atom is 0.266 e. The summed E-state index contributed by atoms with van der Waals surface area (Å²) in [5.41, 5.74) is -0.312. The number of hydrogen-bond acceptors (Lipinski definition) is 4. The highest BCUT2D eigenvalue weighted by Crippen LogP contribution is 2.21. The maximum atomic E-state index is 12.1. The summed E-state index contributed by atoms with van der Waals surface area (Å²) >= 11 is 0. The molecule has 2 N–H and O–H groups in total. The second-order valence-corrected chi connectivity index (χ2v) is 6.58. The monoisotopic (exact) mass is 270 g/mol. The highest BCUT2D eigenvalue weighted by molar-refractivity contribution is 7.90. The van der Waals surface area contributed by atoms with Crippen LogP contribution in [0.1, 0.15) is 20.8 Å². The molecular weight excluding hydrogens is 252 g/mol. The second kappa shape index (κ2) is 4.97. The van der Waals surface area contributed by atoms with Crippen molar-refractivity contribution < 1.29 is 13.2 Å². The lowest BCUT2D eigenvalue weighted by Gasteiger charge is -2.18. The van der Waals surface area contributed by atoms with E-state index in [1.54, 1.807) is 46.0 Å². The van der Waals surface area contributed by atoms with Crippen molar-refractivity contribution in [3.63, 3.8) is 0 Å². The van der Waals surface area contributed by atoms with Crippen molar-refractivity contribution in [3.05, 3.63) is 24.3 Å². The van der Waals surface area contributed by atoms with Crippen molar-refractivity contribution in [2.75, 3.05) is 12.4 Å². The van der Waals surface area contributed by atoms with E-state index in [1.165, 1.54) is 6.07 Å². The lowest BCUT2D eigenvalue weighted by Crippen LogP contribution is -2.39. The number of amides is 1. The quantitative estimate of drug-likeness (QED) is 0.874. The third kappa shape index (κ3) is 3.22. The van der Waals surface area contributed by atoms with Crippen LogP contribution in [0.3, 0.4) is 0 Å². The first-order valence-electron chi connectivity index (χ1n) is 5.52. The SMILES string of the molecule is CNc1ccccc1S(=O)(=O)NC(=O)C(C)(C)C. The Morgan fingerprint density at radius 2 is 1.72 bits per heavy atom. The Hall–Kier alpha value is -1.56. The van der Waals surface area contributed by atoms with Gasteiger partial charge in [-0.3, -0.25) is 4.79 Å². The molecule has 5 nitrogen and oxygen atoms in total. The Morgan fingerprint density at radius 3 is 2.22 bits per heavy atom. The molecule has 0 saturated heterocycles. The molecule has 0 aliphatic heterocycles. The van der Waals surface area contributed by atoms with Crippen LogP contribution >= 0.6 is 0 Å². The molecule has 6 heteroatoms. The van der Waals surface area contributed by atoms with Crippen molar-refractivity contribution in [2.24, 2.45) is 5.41 Å². The smallest absolute Gasteiger partial charge is 0.266 e. The van der Waals surface area contributed by atoms with Gasteiger partial charge in [-0.2, -0.15) is 0 Å². The number of benzene rings is 1. The molecule has 0 aromatic heterocycles. The first-order chi connectivity index (χ1) is 8.18. The van der Waals surface area contributed by atoms with Crippen LogP contribution in [-0.4, -0.2) is 21.4 Å². The first-order valence-corrected chi connectivity index (χ1v) is 7.01. The van der Waals surface area contributed by atoms with Gasteiger partial charge < -0.3 is 5.32 Å². The molecule has 0 radical (unpaired) electrons. The van der Waals surface area contributed by atoms with Crippen LogP contribution in [0.5, 0.6) is 0 Å². The van der Waals surface area contributed by atoms with Crippen molar-refractivity contribution in [1.82, 2.24) is 4.72 Å². The largest absolute Gasteiger partial charge is 0.387 e. The standard InChI is InChI=1S/C12H18N2O3S/c1-12(2,3)11(15)14-18(16,17)10-8-6-5-7-9(10)13-4/h5-8,13H,1-4H3,(H,14,15). The van der Waals surface area contributed by atoms with Crippen molar-refractivity contribution in [1.29, 1.82) is 0 Å². The van der Waals surface area contributed by atoms with Crippen LogP contribution in [-0.2, 0) is 14.8 Å². The summed E-state index contributed by atoms with van der Waals surface area (Å²) in [7, 11) is -2.22. The Morgan fingerprint density at radius 1 is 1.17 bits per heavy atom. The number of carbonyl (C=O) groups excluding carboxylic acids is 1. The molecule has 0 bridgehead atoms. The molecule has 0 saturated carbocycles. The Balaban J connectivity index is 3.12. The predicted octanol–water partition coefficient (Wildman–Crippen LogP) is 1.58. The van der Waals surface area contributed by atoms with E-state index >= 15 is 0 Å². The normalized spacial score (nSPS) is 12.0. The zero-order valence-corrected chi connectivity index (χ0v) is 11.8. The summed E-state index contributed by atoms with van der Waals surface area (Å²) in [6.07, 6.45) is 0. The molecule has 1 aromatic carbocycles. The molecule has 0 aliphatic rings. The van der Waals surface area contributed by atoms with Crippen LogP contribution in [0.2, 0.25) is 0 Å². The average molecular weight is 270 g/mol. The molecule has 0 heterocycles. The Bertz CT molecular complexity index is 545. The molecule has 0 spiro atoms. The fourth-order valence-corrected chi connectivity index (χ4v) is 2.62. The molecule has 1 aromatic rings. The van der Waals surface area contributed by atoms with E-state index in [2.05, 4.69) is 10.0 Å².